The van der Waals surface area contributed by atoms with Crippen LogP contribution in [0.2, 0.25) is 0 Å². The number of para-hydroxylation sites is 1. The van der Waals surface area contributed by atoms with E-state index in [0.29, 0.717) is 32.0 Å². The molecule has 3 rings (SSSR count). The topological polar surface area (TPSA) is 61.9 Å². The van der Waals surface area contributed by atoms with Gasteiger partial charge < -0.3 is 19.9 Å². The lowest BCUT2D eigenvalue weighted by atomic mass is 10.0. The Kier molecular flexibility index (Phi) is 5.54. The van der Waals surface area contributed by atoms with Crippen LogP contribution in [0.4, 0.5) is 10.5 Å². The van der Waals surface area contributed by atoms with E-state index in [0.717, 1.165) is 24.1 Å². The highest BCUT2D eigenvalue weighted by Crippen LogP contribution is 2.44. The van der Waals surface area contributed by atoms with Crippen LogP contribution in [-0.4, -0.2) is 65.7 Å². The standard InChI is InChI=1S/C18H25N3O3S/c1-14-5-3-4-6-15(14)19-17(23)20-9-7-18(8-10-20)21(11-12-24-2)16(22)13-25-18/h3-6H,7-13H2,1-2H3,(H,19,23). The number of ether oxygens (including phenoxy) is 1. The highest BCUT2D eigenvalue weighted by Gasteiger charge is 2.48. The van der Waals surface area contributed by atoms with Gasteiger partial charge in [0.15, 0.2) is 0 Å². The molecule has 1 aromatic rings. The molecule has 1 spiro atoms. The molecule has 0 radical (unpaired) electrons. The third kappa shape index (κ3) is 3.77. The minimum atomic E-state index is -0.172. The van der Waals surface area contributed by atoms with Crippen LogP contribution in [0.25, 0.3) is 0 Å². The van der Waals surface area contributed by atoms with E-state index in [-0.39, 0.29) is 16.8 Å². The average Bonchev–Trinajstić information content (AvgIpc) is 2.91. The van der Waals surface area contributed by atoms with E-state index in [9.17, 15) is 9.59 Å². The maximum Gasteiger partial charge on any atom is 0.321 e. The largest absolute Gasteiger partial charge is 0.383 e. The number of methoxy groups -OCH3 is 1. The molecule has 2 aliphatic rings. The van der Waals surface area contributed by atoms with E-state index in [1.54, 1.807) is 18.9 Å². The molecule has 0 aliphatic carbocycles. The quantitative estimate of drug-likeness (QED) is 0.893. The van der Waals surface area contributed by atoms with Crippen LogP contribution >= 0.6 is 11.8 Å². The minimum Gasteiger partial charge on any atom is -0.383 e. The van der Waals surface area contributed by atoms with Gasteiger partial charge in [-0.05, 0) is 31.4 Å². The van der Waals surface area contributed by atoms with Crippen molar-refractivity contribution in [1.82, 2.24) is 9.80 Å². The number of benzene rings is 1. The number of aryl methyl sites for hydroxylation is 1. The number of carbonyl (C=O) groups excluding carboxylic acids is 2. The van der Waals surface area contributed by atoms with Gasteiger partial charge in [0.2, 0.25) is 5.91 Å². The molecule has 2 saturated heterocycles. The maximum atomic E-state index is 12.5. The van der Waals surface area contributed by atoms with Crippen molar-refractivity contribution in [2.45, 2.75) is 24.6 Å². The van der Waals surface area contributed by atoms with Gasteiger partial charge in [-0.15, -0.1) is 11.8 Å². The molecule has 6 nitrogen and oxygen atoms in total. The molecule has 0 saturated carbocycles. The molecule has 0 atom stereocenters. The summed E-state index contributed by atoms with van der Waals surface area (Å²) in [5.41, 5.74) is 1.90. The van der Waals surface area contributed by atoms with Gasteiger partial charge >= 0.3 is 6.03 Å². The van der Waals surface area contributed by atoms with E-state index >= 15 is 0 Å². The van der Waals surface area contributed by atoms with Crippen LogP contribution in [0.3, 0.4) is 0 Å². The van der Waals surface area contributed by atoms with Crippen LogP contribution in [-0.2, 0) is 9.53 Å². The molecule has 2 aliphatic heterocycles. The first kappa shape index (κ1) is 18.1. The molecular weight excluding hydrogens is 338 g/mol. The van der Waals surface area contributed by atoms with Crippen LogP contribution in [0.15, 0.2) is 24.3 Å². The number of hydrogen-bond donors (Lipinski definition) is 1. The number of piperidine rings is 1. The zero-order chi connectivity index (χ0) is 17.9. The number of nitrogens with zero attached hydrogens (tertiary/aromatic N) is 2. The first-order valence-electron chi connectivity index (χ1n) is 8.61. The lowest BCUT2D eigenvalue weighted by Crippen LogP contribution is -2.54. The fraction of sp³-hybridized carbons (Fsp3) is 0.556. The number of thioether (sulfide) groups is 1. The number of amides is 3. The Morgan fingerprint density at radius 1 is 1.32 bits per heavy atom. The van der Waals surface area contributed by atoms with Crippen LogP contribution < -0.4 is 5.32 Å². The van der Waals surface area contributed by atoms with Gasteiger partial charge in [0, 0.05) is 32.4 Å². The summed E-state index contributed by atoms with van der Waals surface area (Å²) in [5, 5.41) is 2.99. The third-order valence-corrected chi connectivity index (χ3v) is 6.55. The predicted octanol–water partition coefficient (Wildman–Crippen LogP) is 2.54. The average molecular weight is 363 g/mol. The summed E-state index contributed by atoms with van der Waals surface area (Å²) >= 11 is 1.71. The number of rotatable bonds is 4. The molecule has 1 N–H and O–H groups in total. The zero-order valence-electron chi connectivity index (χ0n) is 14.8. The van der Waals surface area contributed by atoms with Crippen LogP contribution in [0.1, 0.15) is 18.4 Å². The van der Waals surface area contributed by atoms with Gasteiger partial charge in [-0.2, -0.15) is 0 Å². The van der Waals surface area contributed by atoms with E-state index in [2.05, 4.69) is 5.32 Å². The van der Waals surface area contributed by atoms with Gasteiger partial charge in [-0.25, -0.2) is 4.79 Å². The Morgan fingerprint density at radius 2 is 2.04 bits per heavy atom. The summed E-state index contributed by atoms with van der Waals surface area (Å²) in [6.07, 6.45) is 1.60. The monoisotopic (exact) mass is 363 g/mol. The van der Waals surface area contributed by atoms with Crippen molar-refractivity contribution >= 4 is 29.4 Å². The van der Waals surface area contributed by atoms with Gasteiger partial charge in [0.1, 0.15) is 0 Å². The van der Waals surface area contributed by atoms with E-state index in [1.165, 1.54) is 0 Å². The number of urea groups is 1. The molecule has 25 heavy (non-hydrogen) atoms. The summed E-state index contributed by atoms with van der Waals surface area (Å²) in [6, 6.07) is 7.70. The number of hydrogen-bond acceptors (Lipinski definition) is 4. The Bertz CT molecular complexity index is 644. The Morgan fingerprint density at radius 3 is 2.72 bits per heavy atom. The number of carbonyl (C=O) groups is 2. The second-order valence-corrected chi connectivity index (χ2v) is 7.84. The minimum absolute atomic E-state index is 0.0677. The van der Waals surface area contributed by atoms with Crippen molar-refractivity contribution in [3.63, 3.8) is 0 Å². The van der Waals surface area contributed by atoms with E-state index in [4.69, 9.17) is 4.74 Å². The highest BCUT2D eigenvalue weighted by molar-refractivity contribution is 8.01. The summed E-state index contributed by atoms with van der Waals surface area (Å²) in [5.74, 6) is 0.707. The van der Waals surface area contributed by atoms with Crippen molar-refractivity contribution in [3.8, 4) is 0 Å². The molecule has 0 aromatic heterocycles. The highest BCUT2D eigenvalue weighted by atomic mass is 32.2. The molecule has 0 bridgehead atoms. The summed E-state index contributed by atoms with van der Waals surface area (Å²) < 4.78 is 5.15. The SMILES string of the molecule is COCCN1C(=O)CSC12CCN(C(=O)Nc1ccccc1C)CC2. The van der Waals surface area contributed by atoms with Crippen LogP contribution in [0, 0.1) is 6.92 Å². The summed E-state index contributed by atoms with van der Waals surface area (Å²) in [4.78, 5) is 28.4. The van der Waals surface area contributed by atoms with Crippen LogP contribution in [0.5, 0.6) is 0 Å². The lowest BCUT2D eigenvalue weighted by molar-refractivity contribution is -0.131. The van der Waals surface area contributed by atoms with Crippen molar-refractivity contribution < 1.29 is 14.3 Å². The number of likely N-dealkylation sites (tertiary alicyclic amines) is 1. The molecular formula is C18H25N3O3S. The Balaban J connectivity index is 1.60. The zero-order valence-corrected chi connectivity index (χ0v) is 15.6. The Hall–Kier alpha value is -1.73. The predicted molar refractivity (Wildman–Crippen MR) is 99.8 cm³/mol. The van der Waals surface area contributed by atoms with Crippen molar-refractivity contribution in [2.75, 3.05) is 44.4 Å². The normalized spacial score (nSPS) is 19.5. The fourth-order valence-electron chi connectivity index (χ4n) is 3.47. The second kappa shape index (κ2) is 7.66. The second-order valence-electron chi connectivity index (χ2n) is 6.51. The smallest absolute Gasteiger partial charge is 0.321 e. The summed E-state index contributed by atoms with van der Waals surface area (Å²) in [6.45, 7) is 4.46. The van der Waals surface area contributed by atoms with E-state index < -0.39 is 0 Å². The fourth-order valence-corrected chi connectivity index (χ4v) is 4.84. The van der Waals surface area contributed by atoms with Crippen molar-refractivity contribution in [1.29, 1.82) is 0 Å². The molecule has 0 unspecified atom stereocenters. The van der Waals surface area contributed by atoms with Gasteiger partial charge in [-0.3, -0.25) is 4.79 Å². The molecule has 136 valence electrons. The number of anilines is 1. The summed E-state index contributed by atoms with van der Waals surface area (Å²) in [7, 11) is 1.65. The molecule has 3 amide bonds. The molecule has 2 heterocycles. The maximum absolute atomic E-state index is 12.5. The number of nitrogens with one attached hydrogen (secondary N) is 1. The third-order valence-electron chi connectivity index (χ3n) is 4.99. The van der Waals surface area contributed by atoms with E-state index in [1.807, 2.05) is 41.0 Å². The van der Waals surface area contributed by atoms with Gasteiger partial charge in [0.25, 0.3) is 0 Å². The van der Waals surface area contributed by atoms with Crippen molar-refractivity contribution in [2.24, 2.45) is 0 Å². The molecule has 7 heteroatoms. The van der Waals surface area contributed by atoms with Gasteiger partial charge in [0.05, 0.1) is 17.2 Å². The molecule has 2 fully saturated rings. The molecule has 1 aromatic carbocycles. The first-order valence-corrected chi connectivity index (χ1v) is 9.59. The Labute approximate surface area is 152 Å². The lowest BCUT2D eigenvalue weighted by Gasteiger charge is -2.43. The van der Waals surface area contributed by atoms with Crippen molar-refractivity contribution in [3.05, 3.63) is 29.8 Å². The first-order chi connectivity index (χ1) is 12.1. The van der Waals surface area contributed by atoms with Gasteiger partial charge in [-0.1, -0.05) is 18.2 Å².